The Morgan fingerprint density at radius 1 is 1.21 bits per heavy atom. The number of piperidine rings is 1. The SMILES string of the molecule is CCNC(=NCCCN1CCCCC1C)NCCOCC1CC1.I. The molecule has 0 aromatic rings. The van der Waals surface area contributed by atoms with E-state index in [-0.39, 0.29) is 24.0 Å². The van der Waals surface area contributed by atoms with E-state index in [1.165, 1.54) is 45.2 Å². The van der Waals surface area contributed by atoms with Crippen molar-refractivity contribution in [3.05, 3.63) is 0 Å². The van der Waals surface area contributed by atoms with Crippen LogP contribution in [0.5, 0.6) is 0 Å². The molecule has 0 bridgehead atoms. The number of guanidine groups is 1. The van der Waals surface area contributed by atoms with Crippen LogP contribution in [0.2, 0.25) is 0 Å². The minimum atomic E-state index is 0. The van der Waals surface area contributed by atoms with E-state index in [0.717, 1.165) is 57.2 Å². The van der Waals surface area contributed by atoms with Gasteiger partial charge in [-0.15, -0.1) is 24.0 Å². The standard InChI is InChI=1S/C18H36N4O.HI/c1-3-19-18(21-11-14-23-15-17-8-9-17)20-10-6-13-22-12-5-4-7-16(22)2;/h16-17H,3-15H2,1-2H3,(H2,19,20,21);1H. The molecule has 2 N–H and O–H groups in total. The van der Waals surface area contributed by atoms with E-state index < -0.39 is 0 Å². The molecule has 1 atom stereocenters. The summed E-state index contributed by atoms with van der Waals surface area (Å²) in [6, 6.07) is 0.753. The Morgan fingerprint density at radius 3 is 2.75 bits per heavy atom. The molecule has 0 aromatic heterocycles. The molecule has 0 amide bonds. The third-order valence-corrected chi connectivity index (χ3v) is 4.75. The van der Waals surface area contributed by atoms with Crippen molar-refractivity contribution in [2.24, 2.45) is 10.9 Å². The first-order chi connectivity index (χ1) is 11.3. The molecule has 6 heteroatoms. The molecule has 1 unspecified atom stereocenters. The van der Waals surface area contributed by atoms with Crippen molar-refractivity contribution in [2.45, 2.75) is 58.4 Å². The number of likely N-dealkylation sites (tertiary alicyclic amines) is 1. The highest BCUT2D eigenvalue weighted by atomic mass is 127. The van der Waals surface area contributed by atoms with Gasteiger partial charge in [0.25, 0.3) is 0 Å². The lowest BCUT2D eigenvalue weighted by Gasteiger charge is -2.33. The highest BCUT2D eigenvalue weighted by molar-refractivity contribution is 14.0. The van der Waals surface area contributed by atoms with E-state index in [2.05, 4.69) is 34.4 Å². The maximum absolute atomic E-state index is 5.65. The summed E-state index contributed by atoms with van der Waals surface area (Å²) in [6.07, 6.45) is 7.96. The summed E-state index contributed by atoms with van der Waals surface area (Å²) in [5.74, 6) is 1.77. The van der Waals surface area contributed by atoms with E-state index in [1.54, 1.807) is 0 Å². The molecule has 2 aliphatic rings. The Morgan fingerprint density at radius 2 is 2.04 bits per heavy atom. The summed E-state index contributed by atoms with van der Waals surface area (Å²) in [6.45, 7) is 11.2. The van der Waals surface area contributed by atoms with Gasteiger partial charge >= 0.3 is 0 Å². The summed E-state index contributed by atoms with van der Waals surface area (Å²) >= 11 is 0. The molecule has 24 heavy (non-hydrogen) atoms. The predicted octanol–water partition coefficient (Wildman–Crippen LogP) is 2.85. The largest absolute Gasteiger partial charge is 0.379 e. The average molecular weight is 452 g/mol. The lowest BCUT2D eigenvalue weighted by atomic mass is 10.0. The highest BCUT2D eigenvalue weighted by Gasteiger charge is 2.20. The van der Waals surface area contributed by atoms with Gasteiger partial charge in [-0.2, -0.15) is 0 Å². The first-order valence-corrected chi connectivity index (χ1v) is 9.63. The zero-order chi connectivity index (χ0) is 16.3. The number of nitrogens with zero attached hydrogens (tertiary/aromatic N) is 2. The van der Waals surface area contributed by atoms with Gasteiger partial charge in [0.1, 0.15) is 0 Å². The molecule has 142 valence electrons. The average Bonchev–Trinajstić information content (AvgIpc) is 3.37. The third-order valence-electron chi connectivity index (χ3n) is 4.75. The predicted molar refractivity (Wildman–Crippen MR) is 112 cm³/mol. The van der Waals surface area contributed by atoms with Crippen LogP contribution in [0.15, 0.2) is 4.99 Å². The molecule has 1 aliphatic carbocycles. The lowest BCUT2D eigenvalue weighted by molar-refractivity contribution is 0.129. The first-order valence-electron chi connectivity index (χ1n) is 9.63. The van der Waals surface area contributed by atoms with Crippen LogP contribution in [-0.2, 0) is 4.74 Å². The van der Waals surface area contributed by atoms with Gasteiger partial charge in [-0.25, -0.2) is 0 Å². The fourth-order valence-corrected chi connectivity index (χ4v) is 3.07. The second-order valence-electron chi connectivity index (χ2n) is 6.94. The summed E-state index contributed by atoms with van der Waals surface area (Å²) in [7, 11) is 0. The van der Waals surface area contributed by atoms with Crippen molar-refractivity contribution < 1.29 is 4.74 Å². The van der Waals surface area contributed by atoms with E-state index in [4.69, 9.17) is 4.74 Å². The topological polar surface area (TPSA) is 48.9 Å². The zero-order valence-corrected chi connectivity index (χ0v) is 17.9. The molecule has 1 aliphatic heterocycles. The molecule has 2 fully saturated rings. The van der Waals surface area contributed by atoms with Crippen LogP contribution >= 0.6 is 24.0 Å². The Balaban J connectivity index is 0.00000288. The summed E-state index contributed by atoms with van der Waals surface area (Å²) in [5, 5.41) is 6.67. The molecular formula is C18H37IN4O. The summed E-state index contributed by atoms with van der Waals surface area (Å²) in [5.41, 5.74) is 0. The van der Waals surface area contributed by atoms with Crippen LogP contribution in [0.1, 0.15) is 52.4 Å². The number of halogens is 1. The summed E-state index contributed by atoms with van der Waals surface area (Å²) in [4.78, 5) is 7.30. The van der Waals surface area contributed by atoms with Gasteiger partial charge in [0.05, 0.1) is 6.61 Å². The first kappa shape index (κ1) is 22.0. The quantitative estimate of drug-likeness (QED) is 0.232. The van der Waals surface area contributed by atoms with Crippen LogP contribution in [0.4, 0.5) is 0 Å². The van der Waals surface area contributed by atoms with Gasteiger partial charge < -0.3 is 20.3 Å². The number of rotatable bonds is 10. The van der Waals surface area contributed by atoms with Gasteiger partial charge in [0, 0.05) is 38.8 Å². The monoisotopic (exact) mass is 452 g/mol. The molecule has 0 aromatic carbocycles. The fourth-order valence-electron chi connectivity index (χ4n) is 3.07. The maximum atomic E-state index is 5.65. The highest BCUT2D eigenvalue weighted by Crippen LogP contribution is 2.28. The Bertz CT molecular complexity index is 350. The van der Waals surface area contributed by atoms with Crippen molar-refractivity contribution in [3.63, 3.8) is 0 Å². The van der Waals surface area contributed by atoms with Gasteiger partial charge in [0.2, 0.25) is 0 Å². The van der Waals surface area contributed by atoms with Gasteiger partial charge in [-0.3, -0.25) is 4.99 Å². The van der Waals surface area contributed by atoms with E-state index in [1.807, 2.05) is 0 Å². The number of ether oxygens (including phenoxy) is 1. The molecular weight excluding hydrogens is 415 g/mol. The minimum absolute atomic E-state index is 0. The number of hydrogen-bond acceptors (Lipinski definition) is 3. The van der Waals surface area contributed by atoms with Crippen molar-refractivity contribution in [2.75, 3.05) is 45.9 Å². The van der Waals surface area contributed by atoms with Crippen LogP contribution in [-0.4, -0.2) is 62.8 Å². The normalized spacial score (nSPS) is 22.1. The van der Waals surface area contributed by atoms with E-state index in [0.29, 0.717) is 0 Å². The van der Waals surface area contributed by atoms with Gasteiger partial charge in [-0.05, 0) is 58.4 Å². The molecule has 2 rings (SSSR count). The maximum Gasteiger partial charge on any atom is 0.191 e. The minimum Gasteiger partial charge on any atom is -0.379 e. The lowest BCUT2D eigenvalue weighted by Crippen LogP contribution is -2.40. The van der Waals surface area contributed by atoms with Gasteiger partial charge in [-0.1, -0.05) is 6.42 Å². The van der Waals surface area contributed by atoms with Crippen molar-refractivity contribution in [1.29, 1.82) is 0 Å². The molecule has 1 saturated heterocycles. The Hall–Kier alpha value is -0.0800. The third kappa shape index (κ3) is 9.42. The Kier molecular flexibility index (Phi) is 12.0. The fraction of sp³-hybridized carbons (Fsp3) is 0.944. The van der Waals surface area contributed by atoms with E-state index >= 15 is 0 Å². The molecule has 5 nitrogen and oxygen atoms in total. The van der Waals surface area contributed by atoms with Crippen LogP contribution < -0.4 is 10.6 Å². The molecule has 0 radical (unpaired) electrons. The Labute approximate surface area is 165 Å². The van der Waals surface area contributed by atoms with Crippen molar-refractivity contribution >= 4 is 29.9 Å². The van der Waals surface area contributed by atoms with Crippen LogP contribution in [0.3, 0.4) is 0 Å². The van der Waals surface area contributed by atoms with Crippen LogP contribution in [0.25, 0.3) is 0 Å². The van der Waals surface area contributed by atoms with Gasteiger partial charge in [0.15, 0.2) is 5.96 Å². The number of nitrogens with one attached hydrogen (secondary N) is 2. The number of aliphatic imine (C=N–C) groups is 1. The smallest absolute Gasteiger partial charge is 0.191 e. The molecule has 0 spiro atoms. The number of hydrogen-bond donors (Lipinski definition) is 2. The van der Waals surface area contributed by atoms with Crippen molar-refractivity contribution in [3.8, 4) is 0 Å². The second-order valence-corrected chi connectivity index (χ2v) is 6.94. The molecule has 1 saturated carbocycles. The van der Waals surface area contributed by atoms with Crippen LogP contribution in [0, 0.1) is 5.92 Å². The zero-order valence-electron chi connectivity index (χ0n) is 15.6. The van der Waals surface area contributed by atoms with Crippen molar-refractivity contribution in [1.82, 2.24) is 15.5 Å². The summed E-state index contributed by atoms with van der Waals surface area (Å²) < 4.78 is 5.65. The second kappa shape index (κ2) is 13.2. The molecule has 1 heterocycles. The van der Waals surface area contributed by atoms with E-state index in [9.17, 15) is 0 Å².